The molecule has 0 spiro atoms. The van der Waals surface area contributed by atoms with Gasteiger partial charge in [-0.2, -0.15) is 5.10 Å². The van der Waals surface area contributed by atoms with Gasteiger partial charge in [-0.15, -0.1) is 0 Å². The maximum Gasteiger partial charge on any atom is 0.319 e. The zero-order valence-electron chi connectivity index (χ0n) is 11.8. The minimum Gasteiger partial charge on any atom is -0.381 e. The fraction of sp³-hybridized carbons (Fsp3) is 0.692. The highest BCUT2D eigenvalue weighted by molar-refractivity contribution is 5.89. The van der Waals surface area contributed by atoms with E-state index in [1.807, 2.05) is 31.6 Å². The predicted molar refractivity (Wildman–Crippen MR) is 73.2 cm³/mol. The van der Waals surface area contributed by atoms with Gasteiger partial charge in [-0.25, -0.2) is 4.79 Å². The molecule has 1 aromatic heterocycles. The lowest BCUT2D eigenvalue weighted by Gasteiger charge is -2.22. The van der Waals surface area contributed by atoms with Gasteiger partial charge in [-0.1, -0.05) is 0 Å². The Labute approximate surface area is 113 Å². The summed E-state index contributed by atoms with van der Waals surface area (Å²) in [5.74, 6) is 0. The lowest BCUT2D eigenvalue weighted by molar-refractivity contribution is 0.0662. The number of rotatable bonds is 2. The zero-order valence-corrected chi connectivity index (χ0v) is 11.8. The number of ether oxygens (including phenoxy) is 1. The third-order valence-corrected chi connectivity index (χ3v) is 2.91. The van der Waals surface area contributed by atoms with Gasteiger partial charge in [-0.3, -0.25) is 4.68 Å². The number of aromatic nitrogens is 2. The minimum atomic E-state index is -0.249. The number of carbonyl (C=O) groups excluding carboxylic acids is 1. The van der Waals surface area contributed by atoms with Crippen molar-refractivity contribution in [2.45, 2.75) is 45.2 Å². The van der Waals surface area contributed by atoms with Crippen LogP contribution in [0.5, 0.6) is 0 Å². The number of hydrogen-bond acceptors (Lipinski definition) is 3. The van der Waals surface area contributed by atoms with E-state index in [9.17, 15) is 4.79 Å². The molecule has 106 valence electrons. The van der Waals surface area contributed by atoms with Crippen LogP contribution in [0, 0.1) is 0 Å². The van der Waals surface area contributed by atoms with Gasteiger partial charge in [0.15, 0.2) is 0 Å². The molecule has 2 amide bonds. The summed E-state index contributed by atoms with van der Waals surface area (Å²) in [5.41, 5.74) is 0.467. The molecule has 0 bridgehead atoms. The Kier molecular flexibility index (Phi) is 4.09. The zero-order chi connectivity index (χ0) is 13.9. The molecule has 2 N–H and O–H groups in total. The van der Waals surface area contributed by atoms with Crippen LogP contribution >= 0.6 is 0 Å². The Bertz CT molecular complexity index is 430. The van der Waals surface area contributed by atoms with Crippen LogP contribution in [-0.2, 0) is 4.74 Å². The third-order valence-electron chi connectivity index (χ3n) is 2.91. The summed E-state index contributed by atoms with van der Waals surface area (Å²) >= 11 is 0. The minimum absolute atomic E-state index is 0.209. The molecular weight excluding hydrogens is 244 g/mol. The van der Waals surface area contributed by atoms with E-state index in [1.165, 1.54) is 0 Å². The average molecular weight is 266 g/mol. The van der Waals surface area contributed by atoms with Crippen molar-refractivity contribution in [3.8, 4) is 0 Å². The van der Waals surface area contributed by atoms with Gasteiger partial charge >= 0.3 is 6.03 Å². The molecule has 19 heavy (non-hydrogen) atoms. The molecule has 2 heterocycles. The normalized spacial score (nSPS) is 17.2. The Hall–Kier alpha value is -1.56. The van der Waals surface area contributed by atoms with Crippen molar-refractivity contribution in [3.63, 3.8) is 0 Å². The number of hydrogen-bond donors (Lipinski definition) is 2. The summed E-state index contributed by atoms with van der Waals surface area (Å²) in [6, 6.07) is 0.161. The molecule has 6 heteroatoms. The molecule has 0 radical (unpaired) electrons. The first kappa shape index (κ1) is 13.9. The Morgan fingerprint density at radius 1 is 1.42 bits per heavy atom. The molecule has 6 nitrogen and oxygen atoms in total. The number of nitrogens with one attached hydrogen (secondary N) is 2. The van der Waals surface area contributed by atoms with Crippen molar-refractivity contribution < 1.29 is 9.53 Å². The largest absolute Gasteiger partial charge is 0.381 e. The first-order valence-electron chi connectivity index (χ1n) is 6.65. The SMILES string of the molecule is CC(C)(C)NC(=O)Nc1cnn(C2CCOCC2)c1. The Morgan fingerprint density at radius 2 is 2.11 bits per heavy atom. The Balaban J connectivity index is 1.91. The van der Waals surface area contributed by atoms with Crippen molar-refractivity contribution >= 4 is 11.7 Å². The summed E-state index contributed by atoms with van der Waals surface area (Å²) in [4.78, 5) is 11.7. The molecule has 1 saturated heterocycles. The fourth-order valence-corrected chi connectivity index (χ4v) is 2.05. The summed E-state index contributed by atoms with van der Waals surface area (Å²) in [7, 11) is 0. The van der Waals surface area contributed by atoms with Crippen LogP contribution in [0.4, 0.5) is 10.5 Å². The Morgan fingerprint density at radius 3 is 2.74 bits per heavy atom. The number of amides is 2. The van der Waals surface area contributed by atoms with Crippen LogP contribution in [0.2, 0.25) is 0 Å². The second-order valence-corrected chi connectivity index (χ2v) is 5.88. The second kappa shape index (κ2) is 5.61. The van der Waals surface area contributed by atoms with E-state index in [4.69, 9.17) is 4.74 Å². The molecule has 0 aliphatic carbocycles. The topological polar surface area (TPSA) is 68.2 Å². The highest BCUT2D eigenvalue weighted by Gasteiger charge is 2.18. The molecule has 0 saturated carbocycles. The maximum atomic E-state index is 11.7. The predicted octanol–water partition coefficient (Wildman–Crippen LogP) is 2.15. The van der Waals surface area contributed by atoms with E-state index >= 15 is 0 Å². The smallest absolute Gasteiger partial charge is 0.319 e. The van der Waals surface area contributed by atoms with Crippen molar-refractivity contribution in [3.05, 3.63) is 12.4 Å². The lowest BCUT2D eigenvalue weighted by atomic mass is 10.1. The van der Waals surface area contributed by atoms with Crippen LogP contribution in [0.15, 0.2) is 12.4 Å². The van der Waals surface area contributed by atoms with E-state index in [-0.39, 0.29) is 11.6 Å². The van der Waals surface area contributed by atoms with Gasteiger partial charge in [0, 0.05) is 24.9 Å². The van der Waals surface area contributed by atoms with Crippen LogP contribution < -0.4 is 10.6 Å². The molecule has 0 aromatic carbocycles. The third kappa shape index (κ3) is 4.24. The van der Waals surface area contributed by atoms with E-state index < -0.39 is 0 Å². The summed E-state index contributed by atoms with van der Waals surface area (Å²) in [6.07, 6.45) is 5.49. The van der Waals surface area contributed by atoms with Crippen molar-refractivity contribution in [2.24, 2.45) is 0 Å². The van der Waals surface area contributed by atoms with Gasteiger partial charge in [0.1, 0.15) is 0 Å². The molecule has 1 fully saturated rings. The standard InChI is InChI=1S/C13H22N4O2/c1-13(2,3)16-12(18)15-10-8-14-17(9-10)11-4-6-19-7-5-11/h8-9,11H,4-7H2,1-3H3,(H2,15,16,18). The van der Waals surface area contributed by atoms with Crippen molar-refractivity contribution in [2.75, 3.05) is 18.5 Å². The van der Waals surface area contributed by atoms with Gasteiger partial charge < -0.3 is 15.4 Å². The second-order valence-electron chi connectivity index (χ2n) is 5.88. The molecule has 0 unspecified atom stereocenters. The maximum absolute atomic E-state index is 11.7. The van der Waals surface area contributed by atoms with E-state index in [1.54, 1.807) is 6.20 Å². The van der Waals surface area contributed by atoms with Crippen LogP contribution in [0.25, 0.3) is 0 Å². The van der Waals surface area contributed by atoms with Crippen LogP contribution in [0.1, 0.15) is 39.7 Å². The summed E-state index contributed by atoms with van der Waals surface area (Å²) in [6.45, 7) is 7.38. The fourth-order valence-electron chi connectivity index (χ4n) is 2.05. The monoisotopic (exact) mass is 266 g/mol. The van der Waals surface area contributed by atoms with Gasteiger partial charge in [-0.05, 0) is 33.6 Å². The molecular formula is C13H22N4O2. The number of carbonyl (C=O) groups is 1. The summed E-state index contributed by atoms with van der Waals surface area (Å²) < 4.78 is 7.24. The molecule has 1 aromatic rings. The van der Waals surface area contributed by atoms with E-state index in [0.29, 0.717) is 11.7 Å². The highest BCUT2D eigenvalue weighted by Crippen LogP contribution is 2.21. The van der Waals surface area contributed by atoms with Gasteiger partial charge in [0.25, 0.3) is 0 Å². The molecule has 1 aliphatic heterocycles. The van der Waals surface area contributed by atoms with E-state index in [2.05, 4.69) is 15.7 Å². The first-order valence-corrected chi connectivity index (χ1v) is 6.65. The van der Waals surface area contributed by atoms with Gasteiger partial charge in [0.05, 0.1) is 17.9 Å². The highest BCUT2D eigenvalue weighted by atomic mass is 16.5. The van der Waals surface area contributed by atoms with E-state index in [0.717, 1.165) is 26.1 Å². The van der Waals surface area contributed by atoms with Gasteiger partial charge in [0.2, 0.25) is 0 Å². The lowest BCUT2D eigenvalue weighted by Crippen LogP contribution is -2.43. The summed E-state index contributed by atoms with van der Waals surface area (Å²) in [5, 5.41) is 9.95. The van der Waals surface area contributed by atoms with Crippen LogP contribution in [0.3, 0.4) is 0 Å². The number of urea groups is 1. The molecule has 0 atom stereocenters. The average Bonchev–Trinajstić information content (AvgIpc) is 2.76. The number of nitrogens with zero attached hydrogens (tertiary/aromatic N) is 2. The number of anilines is 1. The molecule has 2 rings (SSSR count). The van der Waals surface area contributed by atoms with Crippen molar-refractivity contribution in [1.82, 2.24) is 15.1 Å². The molecule has 1 aliphatic rings. The first-order chi connectivity index (χ1) is 8.94. The van der Waals surface area contributed by atoms with Crippen molar-refractivity contribution in [1.29, 1.82) is 0 Å². The quantitative estimate of drug-likeness (QED) is 0.862. The van der Waals surface area contributed by atoms with Crippen LogP contribution in [-0.4, -0.2) is 34.6 Å².